The molecule has 5 heterocycles. The summed E-state index contributed by atoms with van der Waals surface area (Å²) in [5.74, 6) is -9.30. The standard InChI is InChI=1S/C50H61FN4O13/c1-26-10-9-11-27(2)48(62)52-38-39(54-21-24-65-25-22-54)44(60)35-36(43(38)59)42(58)31(6)46-37(35)47(61)50(7,68-46)66-23-16-34(64-8)28(3)45(30(5)41(57)29(4)40(26)56)67-49(63)55-19-17-53(18-20-55)33-14-12-32(51)13-15-33/h9-16,23,26,28-30,34,40-41,45,56-58H,17-22,24-25H2,1-8H3,(H,52,62)/b10-9+,23-16+,27-11-/t26-,28+,29+,30+,34-,40-,41+,45+,50-/m0/s1. The Bertz CT molecular complexity index is 2440. The van der Waals surface area contributed by atoms with Crippen LogP contribution < -0.4 is 15.0 Å². The Balaban J connectivity index is 1.25. The summed E-state index contributed by atoms with van der Waals surface area (Å²) in [5, 5.41) is 37.8. The summed E-state index contributed by atoms with van der Waals surface area (Å²) in [5.41, 5.74) is -0.761. The average Bonchev–Trinajstić information content (AvgIpc) is 3.60. The Kier molecular flexibility index (Phi) is 14.8. The van der Waals surface area contributed by atoms with Crippen LogP contribution in [-0.4, -0.2) is 144 Å². The SMILES string of the molecule is CO[C@H]1/C=C/O[C@@]2(C)Oc3c(C)c(O)c4c(c3C2=O)C(=O)C(N2CCOCC2)=C(NC(=O)/C(C)=C\C=C\[C@H](C)[C@H](O)[C@@H](C)[C@@H](O)[C@@H](C)[C@H](OC(=O)N2CCN(c3ccc(F)cc3)CC2)[C@@H]1C)C4=O. The molecule has 2 aromatic carbocycles. The third-order valence-electron chi connectivity index (χ3n) is 13.9. The largest absolute Gasteiger partial charge is 0.507 e. The summed E-state index contributed by atoms with van der Waals surface area (Å²) in [7, 11) is 1.43. The van der Waals surface area contributed by atoms with Crippen molar-refractivity contribution in [3.8, 4) is 11.5 Å². The number of ether oxygens (including phenoxy) is 5. The lowest BCUT2D eigenvalue weighted by molar-refractivity contribution is -0.116. The van der Waals surface area contributed by atoms with E-state index < -0.39 is 100 Å². The molecule has 6 aliphatic rings. The predicted octanol–water partition coefficient (Wildman–Crippen LogP) is 4.83. The van der Waals surface area contributed by atoms with Crippen LogP contribution in [-0.2, 0) is 23.7 Å². The number of carbonyl (C=O) groups is 5. The number of aliphatic hydroxyl groups excluding tert-OH is 2. The van der Waals surface area contributed by atoms with E-state index in [9.17, 15) is 43.7 Å². The molecule has 0 unspecified atom stereocenters. The Labute approximate surface area is 394 Å². The van der Waals surface area contributed by atoms with Gasteiger partial charge in [-0.1, -0.05) is 45.9 Å². The average molecular weight is 945 g/mol. The lowest BCUT2D eigenvalue weighted by atomic mass is 9.78. The number of ketones is 3. The molecule has 366 valence electrons. The first-order valence-electron chi connectivity index (χ1n) is 22.9. The molecule has 0 aromatic heterocycles. The number of morpholine rings is 1. The Morgan fingerprint density at radius 1 is 0.838 bits per heavy atom. The third kappa shape index (κ3) is 9.51. The number of aliphatic hydroxyl groups is 2. The predicted molar refractivity (Wildman–Crippen MR) is 245 cm³/mol. The monoisotopic (exact) mass is 944 g/mol. The number of Topliss-reactive ketones (excluding diaryl/α,β-unsaturated/α-hetero) is 3. The number of fused-ring (bicyclic) bond motifs is 14. The molecule has 5 bridgehead atoms. The highest BCUT2D eigenvalue weighted by atomic mass is 19.1. The number of nitrogens with zero attached hydrogens (tertiary/aromatic N) is 3. The van der Waals surface area contributed by atoms with E-state index in [1.165, 1.54) is 58.4 Å². The van der Waals surface area contributed by atoms with Gasteiger partial charge in [0.1, 0.15) is 34.8 Å². The van der Waals surface area contributed by atoms with Crippen LogP contribution in [0.25, 0.3) is 0 Å². The van der Waals surface area contributed by atoms with Gasteiger partial charge in [0.25, 0.3) is 11.7 Å². The van der Waals surface area contributed by atoms with E-state index in [2.05, 4.69) is 5.32 Å². The molecule has 1 aliphatic carbocycles. The number of hydrogen-bond acceptors (Lipinski definition) is 15. The van der Waals surface area contributed by atoms with Gasteiger partial charge in [-0.2, -0.15) is 0 Å². The number of rotatable bonds is 4. The Morgan fingerprint density at radius 2 is 1.50 bits per heavy atom. The second kappa shape index (κ2) is 20.3. The van der Waals surface area contributed by atoms with E-state index in [0.29, 0.717) is 26.2 Å². The maximum Gasteiger partial charge on any atom is 0.410 e. The van der Waals surface area contributed by atoms with Gasteiger partial charge in [-0.3, -0.25) is 19.2 Å². The summed E-state index contributed by atoms with van der Waals surface area (Å²) in [6.07, 6.45) is 2.47. The number of anilines is 1. The highest BCUT2D eigenvalue weighted by Crippen LogP contribution is 2.49. The molecule has 2 saturated heterocycles. The zero-order chi connectivity index (χ0) is 49.4. The summed E-state index contributed by atoms with van der Waals surface area (Å²) in [6, 6.07) is 6.11. The molecular formula is C50H61FN4O13. The molecule has 17 nitrogen and oxygen atoms in total. The van der Waals surface area contributed by atoms with Crippen LogP contribution in [0, 0.1) is 36.4 Å². The van der Waals surface area contributed by atoms with Crippen molar-refractivity contribution in [1.82, 2.24) is 15.1 Å². The topological polar surface area (TPSA) is 214 Å². The van der Waals surface area contributed by atoms with Gasteiger partial charge >= 0.3 is 11.9 Å². The number of phenols is 1. The van der Waals surface area contributed by atoms with Crippen LogP contribution in [0.1, 0.15) is 78.2 Å². The van der Waals surface area contributed by atoms with Gasteiger partial charge in [-0.15, -0.1) is 0 Å². The van der Waals surface area contributed by atoms with Crippen molar-refractivity contribution < 1.29 is 67.4 Å². The first-order chi connectivity index (χ1) is 32.3. The molecule has 2 fully saturated rings. The van der Waals surface area contributed by atoms with Gasteiger partial charge in [0.15, 0.2) is 0 Å². The first-order valence-corrected chi connectivity index (χ1v) is 22.9. The van der Waals surface area contributed by atoms with Gasteiger partial charge in [0.05, 0.1) is 54.5 Å². The van der Waals surface area contributed by atoms with Crippen molar-refractivity contribution in [3.63, 3.8) is 0 Å². The number of allylic oxidation sites excluding steroid dienone is 4. The number of carbonyl (C=O) groups excluding carboxylic acids is 5. The minimum atomic E-state index is -2.12. The minimum Gasteiger partial charge on any atom is -0.507 e. The van der Waals surface area contributed by atoms with Crippen LogP contribution in [0.15, 0.2) is 71.8 Å². The van der Waals surface area contributed by atoms with Crippen molar-refractivity contribution in [2.75, 3.05) is 64.5 Å². The third-order valence-corrected chi connectivity index (χ3v) is 13.9. The van der Waals surface area contributed by atoms with Crippen LogP contribution in [0.3, 0.4) is 0 Å². The van der Waals surface area contributed by atoms with Crippen molar-refractivity contribution in [3.05, 3.63) is 99.9 Å². The van der Waals surface area contributed by atoms with E-state index in [1.807, 2.05) is 4.90 Å². The summed E-state index contributed by atoms with van der Waals surface area (Å²) in [4.78, 5) is 76.9. The highest BCUT2D eigenvalue weighted by Gasteiger charge is 2.53. The quantitative estimate of drug-likeness (QED) is 0.324. The fourth-order valence-electron chi connectivity index (χ4n) is 9.56. The first kappa shape index (κ1) is 49.8. The number of piperazine rings is 1. The van der Waals surface area contributed by atoms with E-state index in [4.69, 9.17) is 23.7 Å². The van der Waals surface area contributed by atoms with Crippen molar-refractivity contribution in [2.24, 2.45) is 23.7 Å². The molecule has 9 atom stereocenters. The number of phenolic OH excluding ortho intramolecular Hbond substituents is 1. The zero-order valence-electron chi connectivity index (χ0n) is 39.6. The molecule has 0 spiro atoms. The number of nitrogens with one attached hydrogen (secondary N) is 1. The van der Waals surface area contributed by atoms with Crippen molar-refractivity contribution >= 4 is 35.0 Å². The number of halogens is 1. The number of aromatic hydroxyl groups is 1. The summed E-state index contributed by atoms with van der Waals surface area (Å²) in [6.45, 7) is 13.4. The van der Waals surface area contributed by atoms with Gasteiger partial charge in [0, 0.05) is 93.8 Å². The molecule has 18 heteroatoms. The van der Waals surface area contributed by atoms with Crippen LogP contribution in [0.4, 0.5) is 14.9 Å². The summed E-state index contributed by atoms with van der Waals surface area (Å²) < 4.78 is 43.5. The molecule has 2 amide bonds. The second-order valence-corrected chi connectivity index (χ2v) is 18.3. The van der Waals surface area contributed by atoms with E-state index >= 15 is 0 Å². The van der Waals surface area contributed by atoms with Crippen molar-refractivity contribution in [1.29, 1.82) is 0 Å². The molecule has 68 heavy (non-hydrogen) atoms. The number of methoxy groups -OCH3 is 1. The lowest BCUT2D eigenvalue weighted by Crippen LogP contribution is -2.52. The van der Waals surface area contributed by atoms with Crippen LogP contribution in [0.5, 0.6) is 11.5 Å². The maximum absolute atomic E-state index is 14.8. The van der Waals surface area contributed by atoms with E-state index in [0.717, 1.165) is 5.69 Å². The molecule has 5 aliphatic heterocycles. The summed E-state index contributed by atoms with van der Waals surface area (Å²) >= 11 is 0. The van der Waals surface area contributed by atoms with Gasteiger partial charge in [-0.25, -0.2) is 9.18 Å². The molecule has 4 N–H and O–H groups in total. The van der Waals surface area contributed by atoms with Gasteiger partial charge < -0.3 is 59.0 Å². The highest BCUT2D eigenvalue weighted by molar-refractivity contribution is 6.32. The second-order valence-electron chi connectivity index (χ2n) is 18.3. The molecule has 8 rings (SSSR count). The number of benzene rings is 2. The smallest absolute Gasteiger partial charge is 0.410 e. The van der Waals surface area contributed by atoms with E-state index in [-0.39, 0.29) is 66.0 Å². The van der Waals surface area contributed by atoms with Gasteiger partial charge in [0.2, 0.25) is 11.6 Å². The Morgan fingerprint density at radius 3 is 2.15 bits per heavy atom. The maximum atomic E-state index is 14.8. The van der Waals surface area contributed by atoms with E-state index in [1.54, 1.807) is 61.8 Å². The fourth-order valence-corrected chi connectivity index (χ4v) is 9.56. The van der Waals surface area contributed by atoms with Crippen LogP contribution >= 0.6 is 0 Å². The van der Waals surface area contributed by atoms with Crippen LogP contribution in [0.2, 0.25) is 0 Å². The molecule has 0 radical (unpaired) electrons. The minimum absolute atomic E-state index is 0.0141. The van der Waals surface area contributed by atoms with Gasteiger partial charge in [-0.05, 0) is 44.2 Å². The molecule has 2 aromatic rings. The number of hydrogen-bond donors (Lipinski definition) is 4. The van der Waals surface area contributed by atoms with Crippen molar-refractivity contribution in [2.45, 2.75) is 78.7 Å². The number of amides is 2. The lowest BCUT2D eigenvalue weighted by Gasteiger charge is -2.40. The normalized spacial score (nSPS) is 31.4. The fraction of sp³-hybridized carbons (Fsp3) is 0.500. The molecule has 0 saturated carbocycles. The Hall–Kier alpha value is -6.08. The molecular weight excluding hydrogens is 884 g/mol. The zero-order valence-corrected chi connectivity index (χ0v) is 39.6.